The highest BCUT2D eigenvalue weighted by atomic mass is 32.2. The third kappa shape index (κ3) is 4.80. The van der Waals surface area contributed by atoms with Crippen molar-refractivity contribution in [2.45, 2.75) is 69.3 Å². The highest BCUT2D eigenvalue weighted by molar-refractivity contribution is 7.89. The molecule has 4 rings (SSSR count). The Morgan fingerprint density at radius 2 is 1.61 bits per heavy atom. The summed E-state index contributed by atoms with van der Waals surface area (Å²) in [5.41, 5.74) is 2.40. The van der Waals surface area contributed by atoms with E-state index in [0.717, 1.165) is 57.2 Å². The lowest BCUT2D eigenvalue weighted by Crippen LogP contribution is -2.43. The molecule has 3 aliphatic rings. The van der Waals surface area contributed by atoms with Gasteiger partial charge in [0.2, 0.25) is 10.0 Å². The number of hydrogen-bond acceptors (Lipinski definition) is 5. The number of fused-ring (bicyclic) bond motifs is 1. The second kappa shape index (κ2) is 9.28. The average molecular weight is 449 g/mol. The van der Waals surface area contributed by atoms with E-state index in [9.17, 15) is 18.0 Å². The number of carbonyl (C=O) groups excluding carboxylic acids is 2. The summed E-state index contributed by atoms with van der Waals surface area (Å²) in [7, 11) is -3.57. The van der Waals surface area contributed by atoms with E-state index >= 15 is 0 Å². The number of rotatable bonds is 5. The molecule has 8 heteroatoms. The van der Waals surface area contributed by atoms with E-state index in [1.807, 2.05) is 12.1 Å². The van der Waals surface area contributed by atoms with Gasteiger partial charge in [0, 0.05) is 26.2 Å². The van der Waals surface area contributed by atoms with E-state index in [1.165, 1.54) is 9.87 Å². The highest BCUT2D eigenvalue weighted by Crippen LogP contribution is 2.28. The molecule has 0 bridgehead atoms. The summed E-state index contributed by atoms with van der Waals surface area (Å²) in [5.74, 6) is -0.909. The fourth-order valence-corrected chi connectivity index (χ4v) is 6.39. The molecule has 2 aliphatic heterocycles. The lowest BCUT2D eigenvalue weighted by Gasteiger charge is -2.31. The van der Waals surface area contributed by atoms with Crippen molar-refractivity contribution < 1.29 is 22.7 Å². The van der Waals surface area contributed by atoms with Crippen molar-refractivity contribution in [2.75, 3.05) is 26.2 Å². The number of piperidine rings is 1. The van der Waals surface area contributed by atoms with E-state index in [2.05, 4.69) is 0 Å². The maximum Gasteiger partial charge on any atom is 0.309 e. The smallest absolute Gasteiger partial charge is 0.309 e. The van der Waals surface area contributed by atoms with Gasteiger partial charge in [-0.2, -0.15) is 4.31 Å². The number of amides is 1. The second-order valence-corrected chi connectivity index (χ2v) is 10.9. The Bertz CT molecular complexity index is 931. The summed E-state index contributed by atoms with van der Waals surface area (Å²) in [4.78, 5) is 27.0. The first kappa shape index (κ1) is 22.3. The first-order valence-electron chi connectivity index (χ1n) is 11.5. The monoisotopic (exact) mass is 448 g/mol. The Labute approximate surface area is 184 Å². The third-order valence-corrected chi connectivity index (χ3v) is 8.70. The second-order valence-electron chi connectivity index (χ2n) is 8.93. The third-order valence-electron chi connectivity index (χ3n) is 6.80. The van der Waals surface area contributed by atoms with Crippen LogP contribution in [0.15, 0.2) is 23.1 Å². The summed E-state index contributed by atoms with van der Waals surface area (Å²) < 4.78 is 33.2. The number of esters is 1. The molecule has 1 atom stereocenters. The molecule has 1 aliphatic carbocycles. The van der Waals surface area contributed by atoms with Crippen LogP contribution < -0.4 is 0 Å². The standard InChI is InChI=1S/C23H32N2O5S/c1-17(22(26)24-12-4-5-13-24)30-23(27)19-10-14-25(15-11-19)31(28,29)21-9-8-18-6-2-3-7-20(18)16-21/h8-9,16-17,19H,2-7,10-15H2,1H3/t17-/m0/s1. The Hall–Kier alpha value is -1.93. The van der Waals surface area contributed by atoms with Crippen LogP contribution in [0.5, 0.6) is 0 Å². The number of likely N-dealkylation sites (tertiary alicyclic amines) is 1. The van der Waals surface area contributed by atoms with Crippen molar-refractivity contribution in [3.05, 3.63) is 29.3 Å². The highest BCUT2D eigenvalue weighted by Gasteiger charge is 2.35. The van der Waals surface area contributed by atoms with E-state index in [4.69, 9.17) is 4.74 Å². The Morgan fingerprint density at radius 1 is 0.968 bits per heavy atom. The fraction of sp³-hybridized carbons (Fsp3) is 0.652. The molecular weight excluding hydrogens is 416 g/mol. The Morgan fingerprint density at radius 3 is 2.29 bits per heavy atom. The van der Waals surface area contributed by atoms with Gasteiger partial charge in [0.1, 0.15) is 0 Å². The molecule has 170 valence electrons. The van der Waals surface area contributed by atoms with Gasteiger partial charge in [-0.15, -0.1) is 0 Å². The summed E-state index contributed by atoms with van der Waals surface area (Å²) in [6.45, 7) is 3.63. The van der Waals surface area contributed by atoms with Gasteiger partial charge in [0.25, 0.3) is 5.91 Å². The molecule has 0 saturated carbocycles. The number of hydrogen-bond donors (Lipinski definition) is 0. The maximum absolute atomic E-state index is 13.1. The maximum atomic E-state index is 13.1. The molecular formula is C23H32N2O5S. The molecule has 2 heterocycles. The molecule has 0 aromatic heterocycles. The van der Waals surface area contributed by atoms with Gasteiger partial charge < -0.3 is 9.64 Å². The van der Waals surface area contributed by atoms with E-state index < -0.39 is 22.1 Å². The lowest BCUT2D eigenvalue weighted by molar-refractivity contribution is -0.163. The summed E-state index contributed by atoms with van der Waals surface area (Å²) in [6.07, 6.45) is 6.22. The Balaban J connectivity index is 1.33. The van der Waals surface area contributed by atoms with Gasteiger partial charge in [-0.3, -0.25) is 9.59 Å². The summed E-state index contributed by atoms with van der Waals surface area (Å²) in [6, 6.07) is 5.49. The molecule has 0 unspecified atom stereocenters. The van der Waals surface area contributed by atoms with Crippen LogP contribution in [0.25, 0.3) is 0 Å². The number of nitrogens with zero attached hydrogens (tertiary/aromatic N) is 2. The molecule has 7 nitrogen and oxygen atoms in total. The zero-order valence-corrected chi connectivity index (χ0v) is 19.0. The first-order chi connectivity index (χ1) is 14.9. The predicted octanol–water partition coefficient (Wildman–Crippen LogP) is 2.52. The van der Waals surface area contributed by atoms with Crippen molar-refractivity contribution in [2.24, 2.45) is 5.92 Å². The minimum absolute atomic E-state index is 0.140. The number of benzene rings is 1. The van der Waals surface area contributed by atoms with E-state index in [0.29, 0.717) is 17.7 Å². The Kier molecular flexibility index (Phi) is 6.67. The molecule has 2 saturated heterocycles. The van der Waals surface area contributed by atoms with Crippen molar-refractivity contribution in [1.82, 2.24) is 9.21 Å². The van der Waals surface area contributed by atoms with Gasteiger partial charge in [-0.1, -0.05) is 6.07 Å². The quantitative estimate of drug-likeness (QED) is 0.647. The van der Waals surface area contributed by atoms with Crippen LogP contribution in [-0.2, 0) is 37.2 Å². The van der Waals surface area contributed by atoms with Crippen molar-refractivity contribution in [3.8, 4) is 0 Å². The normalized spacial score (nSPS) is 21.5. The van der Waals surface area contributed by atoms with Crippen molar-refractivity contribution >= 4 is 21.9 Å². The fourth-order valence-electron chi connectivity index (χ4n) is 4.87. The number of ether oxygens (including phenoxy) is 1. The van der Waals surface area contributed by atoms with Gasteiger partial charge in [0.15, 0.2) is 6.10 Å². The molecule has 1 aromatic carbocycles. The molecule has 1 aromatic rings. The minimum atomic E-state index is -3.57. The predicted molar refractivity (Wildman–Crippen MR) is 116 cm³/mol. The van der Waals surface area contributed by atoms with Crippen LogP contribution in [0.3, 0.4) is 0 Å². The SMILES string of the molecule is C[C@H](OC(=O)C1CCN(S(=O)(=O)c2ccc3c(c2)CCCC3)CC1)C(=O)N1CCCC1. The van der Waals surface area contributed by atoms with Crippen molar-refractivity contribution in [1.29, 1.82) is 0 Å². The molecule has 2 fully saturated rings. The average Bonchev–Trinajstić information content (AvgIpc) is 3.33. The van der Waals surface area contributed by atoms with E-state index in [-0.39, 0.29) is 24.9 Å². The number of sulfonamides is 1. The largest absolute Gasteiger partial charge is 0.452 e. The van der Waals surface area contributed by atoms with Crippen LogP contribution in [0.2, 0.25) is 0 Å². The summed E-state index contributed by atoms with van der Waals surface area (Å²) in [5, 5.41) is 0. The molecule has 1 amide bonds. The molecule has 0 spiro atoms. The van der Waals surface area contributed by atoms with Crippen LogP contribution >= 0.6 is 0 Å². The van der Waals surface area contributed by atoms with Crippen LogP contribution in [-0.4, -0.2) is 61.8 Å². The van der Waals surface area contributed by atoms with Crippen molar-refractivity contribution in [3.63, 3.8) is 0 Å². The topological polar surface area (TPSA) is 84.0 Å². The molecule has 0 radical (unpaired) electrons. The van der Waals surface area contributed by atoms with Crippen LogP contribution in [0.1, 0.15) is 56.6 Å². The molecule has 31 heavy (non-hydrogen) atoms. The van der Waals surface area contributed by atoms with Gasteiger partial charge >= 0.3 is 5.97 Å². The zero-order valence-electron chi connectivity index (χ0n) is 18.2. The zero-order chi connectivity index (χ0) is 22.0. The van der Waals surface area contributed by atoms with Gasteiger partial charge in [0.05, 0.1) is 10.8 Å². The first-order valence-corrected chi connectivity index (χ1v) is 12.9. The van der Waals surface area contributed by atoms with E-state index in [1.54, 1.807) is 17.9 Å². The van der Waals surface area contributed by atoms with Gasteiger partial charge in [-0.25, -0.2) is 8.42 Å². The van der Waals surface area contributed by atoms with Crippen LogP contribution in [0.4, 0.5) is 0 Å². The number of carbonyl (C=O) groups is 2. The van der Waals surface area contributed by atoms with Gasteiger partial charge in [-0.05, 0) is 81.5 Å². The van der Waals surface area contributed by atoms with Crippen LogP contribution in [0, 0.1) is 5.92 Å². The minimum Gasteiger partial charge on any atom is -0.452 e. The lowest BCUT2D eigenvalue weighted by atomic mass is 9.92. The number of aryl methyl sites for hydroxylation is 2. The summed E-state index contributed by atoms with van der Waals surface area (Å²) >= 11 is 0. The molecule has 0 N–H and O–H groups in total.